The maximum absolute atomic E-state index is 14.1. The number of rotatable bonds is 8. The van der Waals surface area contributed by atoms with Gasteiger partial charge in [-0.25, -0.2) is 4.98 Å². The zero-order valence-corrected chi connectivity index (χ0v) is 20.5. The Labute approximate surface area is 214 Å². The number of halogens is 5. The first kappa shape index (κ1) is 27.4. The second-order valence-electron chi connectivity index (χ2n) is 7.75. The van der Waals surface area contributed by atoms with Crippen LogP contribution in [0.4, 0.5) is 19.0 Å². The van der Waals surface area contributed by atoms with Gasteiger partial charge in [0.05, 0.1) is 6.61 Å². The van der Waals surface area contributed by atoms with Crippen molar-refractivity contribution in [3.8, 4) is 0 Å². The summed E-state index contributed by atoms with van der Waals surface area (Å²) in [6, 6.07) is 7.11. The van der Waals surface area contributed by atoms with Crippen molar-refractivity contribution in [2.75, 3.05) is 11.9 Å². The Hall–Kier alpha value is -3.15. The average Bonchev–Trinajstić information content (AvgIpc) is 3.23. The number of nitrogens with one attached hydrogen (secondary N) is 1. The molecule has 2 aromatic heterocycles. The van der Waals surface area contributed by atoms with Crippen LogP contribution in [0, 0.1) is 0 Å². The summed E-state index contributed by atoms with van der Waals surface area (Å²) in [6.07, 6.45) is -2.56. The predicted octanol–water partition coefficient (Wildman–Crippen LogP) is 4.95. The van der Waals surface area contributed by atoms with Gasteiger partial charge >= 0.3 is 12.1 Å². The largest absolute Gasteiger partial charge is 0.465 e. The number of alkyl halides is 3. The van der Waals surface area contributed by atoms with E-state index in [0.29, 0.717) is 0 Å². The summed E-state index contributed by atoms with van der Waals surface area (Å²) in [5.74, 6) is -2.56. The number of aliphatic hydroxyl groups is 1. The van der Waals surface area contributed by atoms with Crippen molar-refractivity contribution in [3.63, 3.8) is 0 Å². The molecular formula is C23H21Cl2F3N4O4. The van der Waals surface area contributed by atoms with Crippen LogP contribution in [0.2, 0.25) is 10.2 Å². The number of amides is 1. The Kier molecular flexibility index (Phi) is 8.27. The summed E-state index contributed by atoms with van der Waals surface area (Å²) < 4.78 is 48.4. The standard InChI is InChI=1S/C23H21Cl2F3N4O4/c1-3-36-20(33)12-32-9-7-19(31-32)30-21(34)14-4-5-16(17(24)10-14)13(2)22(35,23(26,27)28)15-6-8-29-18(25)11-15/h4-11,13,35H,3,12H2,1-2H3,(H,30,31,34). The van der Waals surface area contributed by atoms with E-state index >= 15 is 0 Å². The van der Waals surface area contributed by atoms with Crippen LogP contribution in [-0.2, 0) is 21.7 Å². The third kappa shape index (κ3) is 5.80. The normalized spacial score (nSPS) is 14.1. The number of ether oxygens (including phenoxy) is 1. The molecule has 2 unspecified atom stereocenters. The lowest BCUT2D eigenvalue weighted by Gasteiger charge is -2.37. The van der Waals surface area contributed by atoms with Gasteiger partial charge in [-0.05, 0) is 42.3 Å². The lowest BCUT2D eigenvalue weighted by Crippen LogP contribution is -2.46. The third-order valence-corrected chi connectivity index (χ3v) is 5.97. The van der Waals surface area contributed by atoms with E-state index in [9.17, 15) is 27.9 Å². The summed E-state index contributed by atoms with van der Waals surface area (Å²) >= 11 is 12.0. The van der Waals surface area contributed by atoms with Gasteiger partial charge in [0, 0.05) is 35.0 Å². The summed E-state index contributed by atoms with van der Waals surface area (Å²) in [6.45, 7) is 2.91. The fraction of sp³-hybridized carbons (Fsp3) is 0.304. The van der Waals surface area contributed by atoms with E-state index in [1.54, 1.807) is 6.92 Å². The number of hydrogen-bond donors (Lipinski definition) is 2. The number of esters is 1. The molecule has 192 valence electrons. The van der Waals surface area contributed by atoms with E-state index in [4.69, 9.17) is 27.9 Å². The van der Waals surface area contributed by atoms with E-state index in [1.165, 1.54) is 42.1 Å². The van der Waals surface area contributed by atoms with Gasteiger partial charge < -0.3 is 15.2 Å². The molecule has 0 aliphatic rings. The highest BCUT2D eigenvalue weighted by molar-refractivity contribution is 6.32. The molecule has 0 bridgehead atoms. The molecule has 0 radical (unpaired) electrons. The van der Waals surface area contributed by atoms with Crippen molar-refractivity contribution in [2.24, 2.45) is 0 Å². The lowest BCUT2D eigenvalue weighted by atomic mass is 9.78. The number of carbonyl (C=O) groups excluding carboxylic acids is 2. The molecular weight excluding hydrogens is 524 g/mol. The van der Waals surface area contributed by atoms with Crippen LogP contribution in [0.1, 0.15) is 41.3 Å². The Morgan fingerprint density at radius 3 is 2.53 bits per heavy atom. The van der Waals surface area contributed by atoms with Gasteiger partial charge in [0.2, 0.25) is 0 Å². The van der Waals surface area contributed by atoms with Crippen LogP contribution < -0.4 is 5.32 Å². The van der Waals surface area contributed by atoms with E-state index in [1.807, 2.05) is 0 Å². The topological polar surface area (TPSA) is 106 Å². The molecule has 2 N–H and O–H groups in total. The number of pyridine rings is 1. The van der Waals surface area contributed by atoms with Crippen molar-refractivity contribution in [2.45, 2.75) is 38.1 Å². The molecule has 0 aliphatic carbocycles. The molecule has 2 heterocycles. The Balaban J connectivity index is 1.83. The second kappa shape index (κ2) is 10.9. The van der Waals surface area contributed by atoms with Crippen LogP contribution >= 0.6 is 23.2 Å². The summed E-state index contributed by atoms with van der Waals surface area (Å²) in [5, 5.41) is 17.0. The molecule has 8 nitrogen and oxygen atoms in total. The van der Waals surface area contributed by atoms with E-state index in [2.05, 4.69) is 15.4 Å². The summed E-state index contributed by atoms with van der Waals surface area (Å²) in [7, 11) is 0. The first-order valence-electron chi connectivity index (χ1n) is 10.6. The number of nitrogens with zero attached hydrogens (tertiary/aromatic N) is 3. The molecule has 0 aliphatic heterocycles. The van der Waals surface area contributed by atoms with Crippen molar-refractivity contribution >= 4 is 40.9 Å². The number of anilines is 1. The predicted molar refractivity (Wildman–Crippen MR) is 126 cm³/mol. The SMILES string of the molecule is CCOC(=O)Cn1ccc(NC(=O)c2ccc(C(C)C(O)(c3ccnc(Cl)c3)C(F)(F)F)c(Cl)c2)n1. The van der Waals surface area contributed by atoms with Gasteiger partial charge in [-0.1, -0.05) is 36.2 Å². The molecule has 2 atom stereocenters. The van der Waals surface area contributed by atoms with Gasteiger partial charge in [-0.15, -0.1) is 0 Å². The second-order valence-corrected chi connectivity index (χ2v) is 8.54. The zero-order valence-electron chi connectivity index (χ0n) is 19.0. The first-order chi connectivity index (χ1) is 16.9. The van der Waals surface area contributed by atoms with Crippen molar-refractivity contribution < 1.29 is 32.6 Å². The smallest absolute Gasteiger partial charge is 0.422 e. The molecule has 36 heavy (non-hydrogen) atoms. The number of aromatic nitrogens is 3. The molecule has 1 aromatic carbocycles. The van der Waals surface area contributed by atoms with Crippen molar-refractivity contribution in [1.82, 2.24) is 14.8 Å². The molecule has 3 rings (SSSR count). The van der Waals surface area contributed by atoms with Crippen molar-refractivity contribution in [3.05, 3.63) is 75.7 Å². The number of benzene rings is 1. The molecule has 13 heteroatoms. The van der Waals surface area contributed by atoms with Gasteiger partial charge in [0.1, 0.15) is 11.7 Å². The maximum Gasteiger partial charge on any atom is 0.422 e. The fourth-order valence-corrected chi connectivity index (χ4v) is 4.11. The molecule has 0 fully saturated rings. The molecule has 0 spiro atoms. The molecule has 1 amide bonds. The molecule has 0 saturated carbocycles. The molecule has 0 saturated heterocycles. The summed E-state index contributed by atoms with van der Waals surface area (Å²) in [5.41, 5.74) is -3.84. The van der Waals surface area contributed by atoms with Gasteiger partial charge in [-0.3, -0.25) is 14.3 Å². The van der Waals surface area contributed by atoms with Crippen LogP contribution in [-0.4, -0.2) is 44.5 Å². The number of carbonyl (C=O) groups is 2. The highest BCUT2D eigenvalue weighted by Gasteiger charge is 2.59. The third-order valence-electron chi connectivity index (χ3n) is 5.43. The zero-order chi connectivity index (χ0) is 26.7. The first-order valence-corrected chi connectivity index (χ1v) is 11.3. The van der Waals surface area contributed by atoms with Crippen LogP contribution in [0.5, 0.6) is 0 Å². The monoisotopic (exact) mass is 544 g/mol. The molecule has 3 aromatic rings. The highest BCUT2D eigenvalue weighted by atomic mass is 35.5. The summed E-state index contributed by atoms with van der Waals surface area (Å²) in [4.78, 5) is 27.8. The van der Waals surface area contributed by atoms with Crippen LogP contribution in [0.25, 0.3) is 0 Å². The van der Waals surface area contributed by atoms with Crippen molar-refractivity contribution in [1.29, 1.82) is 0 Å². The van der Waals surface area contributed by atoms with Crippen LogP contribution in [0.15, 0.2) is 48.8 Å². The van der Waals surface area contributed by atoms with E-state index < -0.39 is 35.1 Å². The van der Waals surface area contributed by atoms with E-state index in [0.717, 1.165) is 18.3 Å². The average molecular weight is 545 g/mol. The fourth-order valence-electron chi connectivity index (χ4n) is 3.59. The van der Waals surface area contributed by atoms with Crippen LogP contribution in [0.3, 0.4) is 0 Å². The number of hydrogen-bond acceptors (Lipinski definition) is 6. The minimum atomic E-state index is -5.08. The quantitative estimate of drug-likeness (QED) is 0.307. The van der Waals surface area contributed by atoms with Gasteiger partial charge in [-0.2, -0.15) is 18.3 Å². The minimum absolute atomic E-state index is 0.0402. The van der Waals surface area contributed by atoms with Gasteiger partial charge in [0.15, 0.2) is 11.4 Å². The minimum Gasteiger partial charge on any atom is -0.465 e. The maximum atomic E-state index is 14.1. The Bertz CT molecular complexity index is 1270. The lowest BCUT2D eigenvalue weighted by molar-refractivity contribution is -0.274. The Morgan fingerprint density at radius 2 is 1.92 bits per heavy atom. The van der Waals surface area contributed by atoms with Gasteiger partial charge in [0.25, 0.3) is 5.91 Å². The van der Waals surface area contributed by atoms with E-state index in [-0.39, 0.29) is 40.3 Å². The highest BCUT2D eigenvalue weighted by Crippen LogP contribution is 2.50. The Morgan fingerprint density at radius 1 is 1.19 bits per heavy atom.